The van der Waals surface area contributed by atoms with Gasteiger partial charge in [0.05, 0.1) is 24.1 Å². The zero-order valence-electron chi connectivity index (χ0n) is 16.6. The second-order valence-corrected chi connectivity index (χ2v) is 6.58. The van der Waals surface area contributed by atoms with E-state index in [1.807, 2.05) is 13.8 Å². The van der Waals surface area contributed by atoms with Gasteiger partial charge in [-0.15, -0.1) is 0 Å². The van der Waals surface area contributed by atoms with Crippen LogP contribution in [0.5, 0.6) is 5.75 Å². The smallest absolute Gasteiger partial charge is 0.257 e. The average Bonchev–Trinajstić information content (AvgIpc) is 3.04. The van der Waals surface area contributed by atoms with Gasteiger partial charge in [0, 0.05) is 23.7 Å². The third-order valence-corrected chi connectivity index (χ3v) is 4.56. The van der Waals surface area contributed by atoms with E-state index in [1.54, 1.807) is 55.6 Å². The molecule has 0 radical (unpaired) electrons. The summed E-state index contributed by atoms with van der Waals surface area (Å²) in [5.74, 6) is 0.851. The van der Waals surface area contributed by atoms with Crippen LogP contribution in [0.2, 0.25) is 0 Å². The summed E-state index contributed by atoms with van der Waals surface area (Å²) in [6.07, 6.45) is 0.778. The largest absolute Gasteiger partial charge is 0.497 e. The second-order valence-electron chi connectivity index (χ2n) is 6.58. The van der Waals surface area contributed by atoms with Crippen LogP contribution in [0.3, 0.4) is 0 Å². The Morgan fingerprint density at radius 1 is 1.07 bits per heavy atom. The number of aryl methyl sites for hydroxylation is 2. The van der Waals surface area contributed by atoms with Crippen molar-refractivity contribution in [1.82, 2.24) is 5.16 Å². The number of hydrogen-bond donors (Lipinski definition) is 2. The fraction of sp³-hybridized carbons (Fsp3) is 0.227. The highest BCUT2D eigenvalue weighted by molar-refractivity contribution is 6.10. The number of nitrogens with one attached hydrogen (secondary N) is 2. The number of hydrogen-bond acceptors (Lipinski definition) is 5. The molecular weight excluding hydrogens is 370 g/mol. The normalized spacial score (nSPS) is 10.4. The molecule has 2 amide bonds. The monoisotopic (exact) mass is 393 g/mol. The van der Waals surface area contributed by atoms with Gasteiger partial charge >= 0.3 is 0 Å². The topological polar surface area (TPSA) is 93.5 Å². The van der Waals surface area contributed by atoms with Crippen LogP contribution in [0, 0.1) is 13.8 Å². The second kappa shape index (κ2) is 9.05. The van der Waals surface area contributed by atoms with Gasteiger partial charge in [-0.1, -0.05) is 23.4 Å². The summed E-state index contributed by atoms with van der Waals surface area (Å²) >= 11 is 0. The number of aromatic nitrogens is 1. The number of amides is 2. The fourth-order valence-corrected chi connectivity index (χ4v) is 3.00. The number of carbonyl (C=O) groups excluding carboxylic acids is 2. The molecular formula is C22H23N3O4. The van der Waals surface area contributed by atoms with Crippen LogP contribution in [0.1, 0.15) is 33.8 Å². The van der Waals surface area contributed by atoms with Gasteiger partial charge < -0.3 is 19.9 Å². The van der Waals surface area contributed by atoms with E-state index in [1.165, 1.54) is 0 Å². The standard InChI is InChI=1S/C22H23N3O4/c1-14-18(15(2)29-25-14)11-12-21(26)24-20-10-5-4-9-19(20)22(27)23-16-7-6-8-17(13-16)28-3/h4-10,13H,11-12H2,1-3H3,(H,23,27)(H,24,26). The molecule has 0 aliphatic rings. The van der Waals surface area contributed by atoms with Crippen LogP contribution in [0.4, 0.5) is 11.4 Å². The number of ether oxygens (including phenoxy) is 1. The van der Waals surface area contributed by atoms with Crippen LogP contribution >= 0.6 is 0 Å². The van der Waals surface area contributed by atoms with Crippen LogP contribution in [-0.4, -0.2) is 24.1 Å². The predicted molar refractivity (Wildman–Crippen MR) is 110 cm³/mol. The molecule has 7 nitrogen and oxygen atoms in total. The number of nitrogens with zero attached hydrogens (tertiary/aromatic N) is 1. The lowest BCUT2D eigenvalue weighted by Crippen LogP contribution is -2.18. The molecule has 3 rings (SSSR count). The first-order valence-corrected chi connectivity index (χ1v) is 9.24. The first-order chi connectivity index (χ1) is 14.0. The Morgan fingerprint density at radius 3 is 2.59 bits per heavy atom. The molecule has 0 saturated carbocycles. The van der Waals surface area contributed by atoms with Gasteiger partial charge in [0.25, 0.3) is 5.91 Å². The number of benzene rings is 2. The zero-order valence-corrected chi connectivity index (χ0v) is 16.6. The molecule has 2 aromatic carbocycles. The lowest BCUT2D eigenvalue weighted by molar-refractivity contribution is -0.116. The number of rotatable bonds is 7. The van der Waals surface area contributed by atoms with E-state index in [0.717, 1.165) is 11.3 Å². The predicted octanol–water partition coefficient (Wildman–Crippen LogP) is 4.12. The van der Waals surface area contributed by atoms with Gasteiger partial charge in [-0.25, -0.2) is 0 Å². The molecule has 0 aliphatic heterocycles. The van der Waals surface area contributed by atoms with Crippen molar-refractivity contribution < 1.29 is 18.8 Å². The van der Waals surface area contributed by atoms with Crippen LogP contribution in [-0.2, 0) is 11.2 Å². The van der Waals surface area contributed by atoms with Gasteiger partial charge in [0.15, 0.2) is 0 Å². The minimum absolute atomic E-state index is 0.188. The maximum absolute atomic E-state index is 12.7. The Hall–Kier alpha value is -3.61. The third-order valence-electron chi connectivity index (χ3n) is 4.56. The minimum atomic E-state index is -0.320. The van der Waals surface area contributed by atoms with E-state index in [4.69, 9.17) is 9.26 Å². The molecule has 2 N–H and O–H groups in total. The van der Waals surface area contributed by atoms with Gasteiger partial charge in [0.1, 0.15) is 11.5 Å². The Labute approximate surface area is 169 Å². The summed E-state index contributed by atoms with van der Waals surface area (Å²) in [4.78, 5) is 25.2. The minimum Gasteiger partial charge on any atom is -0.497 e. The number of para-hydroxylation sites is 1. The van der Waals surface area contributed by atoms with Crippen molar-refractivity contribution in [3.8, 4) is 5.75 Å². The molecule has 0 saturated heterocycles. The molecule has 29 heavy (non-hydrogen) atoms. The summed E-state index contributed by atoms with van der Waals surface area (Å²) in [6, 6.07) is 14.0. The molecule has 150 valence electrons. The van der Waals surface area contributed by atoms with Gasteiger partial charge in [-0.2, -0.15) is 0 Å². The molecule has 1 aromatic heterocycles. The SMILES string of the molecule is COc1cccc(NC(=O)c2ccccc2NC(=O)CCc2c(C)noc2C)c1. The molecule has 3 aromatic rings. The highest BCUT2D eigenvalue weighted by atomic mass is 16.5. The summed E-state index contributed by atoms with van der Waals surface area (Å²) in [6.45, 7) is 3.67. The maximum atomic E-state index is 12.7. The molecule has 0 bridgehead atoms. The molecule has 0 atom stereocenters. The average molecular weight is 393 g/mol. The maximum Gasteiger partial charge on any atom is 0.257 e. The van der Waals surface area contributed by atoms with Crippen molar-refractivity contribution in [3.05, 3.63) is 71.1 Å². The van der Waals surface area contributed by atoms with Crippen molar-refractivity contribution in [3.63, 3.8) is 0 Å². The van der Waals surface area contributed by atoms with E-state index in [-0.39, 0.29) is 18.2 Å². The molecule has 7 heteroatoms. The van der Waals surface area contributed by atoms with E-state index in [2.05, 4.69) is 15.8 Å². The Morgan fingerprint density at radius 2 is 1.86 bits per heavy atom. The van der Waals surface area contributed by atoms with Gasteiger partial charge in [-0.05, 0) is 44.5 Å². The van der Waals surface area contributed by atoms with Crippen LogP contribution in [0.15, 0.2) is 53.1 Å². The first kappa shape index (κ1) is 20.1. The van der Waals surface area contributed by atoms with Crippen molar-refractivity contribution in [2.75, 3.05) is 17.7 Å². The van der Waals surface area contributed by atoms with E-state index in [9.17, 15) is 9.59 Å². The molecule has 0 unspecified atom stereocenters. The quantitative estimate of drug-likeness (QED) is 0.630. The van der Waals surface area contributed by atoms with Crippen molar-refractivity contribution in [1.29, 1.82) is 0 Å². The summed E-state index contributed by atoms with van der Waals surface area (Å²) in [5, 5.41) is 9.55. The van der Waals surface area contributed by atoms with E-state index >= 15 is 0 Å². The number of anilines is 2. The molecule has 1 heterocycles. The van der Waals surface area contributed by atoms with Crippen molar-refractivity contribution in [2.45, 2.75) is 26.7 Å². The highest BCUT2D eigenvalue weighted by Gasteiger charge is 2.15. The summed E-state index contributed by atoms with van der Waals surface area (Å²) in [7, 11) is 1.56. The highest BCUT2D eigenvalue weighted by Crippen LogP contribution is 2.21. The summed E-state index contributed by atoms with van der Waals surface area (Å²) < 4.78 is 10.3. The van der Waals surface area contributed by atoms with Crippen LogP contribution < -0.4 is 15.4 Å². The number of methoxy groups -OCH3 is 1. The fourth-order valence-electron chi connectivity index (χ4n) is 3.00. The first-order valence-electron chi connectivity index (χ1n) is 9.24. The Balaban J connectivity index is 1.67. The van der Waals surface area contributed by atoms with E-state index < -0.39 is 0 Å². The van der Waals surface area contributed by atoms with Crippen molar-refractivity contribution in [2.24, 2.45) is 0 Å². The zero-order chi connectivity index (χ0) is 20.8. The van der Waals surface area contributed by atoms with Gasteiger partial charge in [-0.3, -0.25) is 9.59 Å². The lowest BCUT2D eigenvalue weighted by atomic mass is 10.1. The van der Waals surface area contributed by atoms with Gasteiger partial charge in [0.2, 0.25) is 5.91 Å². The Bertz CT molecular complexity index is 1010. The third kappa shape index (κ3) is 5.01. The summed E-state index contributed by atoms with van der Waals surface area (Å²) in [5.41, 5.74) is 3.16. The lowest BCUT2D eigenvalue weighted by Gasteiger charge is -2.12. The molecule has 0 fully saturated rings. The molecule has 0 aliphatic carbocycles. The van der Waals surface area contributed by atoms with Crippen molar-refractivity contribution >= 4 is 23.2 Å². The molecule has 0 spiro atoms. The van der Waals surface area contributed by atoms with Crippen LogP contribution in [0.25, 0.3) is 0 Å². The number of carbonyl (C=O) groups is 2. The Kier molecular flexibility index (Phi) is 6.29. The van der Waals surface area contributed by atoms with E-state index in [0.29, 0.717) is 34.9 Å².